The molecule has 0 aromatic carbocycles. The van der Waals surface area contributed by atoms with Crippen molar-refractivity contribution in [2.75, 3.05) is 39.6 Å². The third-order valence-electron chi connectivity index (χ3n) is 15.8. The normalized spacial score (nSPS) is 15.0. The van der Waals surface area contributed by atoms with E-state index in [2.05, 4.69) is 246 Å². The van der Waals surface area contributed by atoms with E-state index in [1.807, 2.05) is 24.3 Å². The molecule has 0 saturated carbocycles. The summed E-state index contributed by atoms with van der Waals surface area (Å²) >= 11 is 0. The molecule has 0 aliphatic carbocycles. The molecule has 0 aliphatic heterocycles. The molecule has 0 heterocycles. The van der Waals surface area contributed by atoms with Crippen LogP contribution < -0.4 is 0 Å². The highest BCUT2D eigenvalue weighted by Gasteiger charge is 2.30. The van der Waals surface area contributed by atoms with Crippen molar-refractivity contribution in [3.63, 3.8) is 0 Å². The van der Waals surface area contributed by atoms with Crippen molar-refractivity contribution in [1.29, 1.82) is 0 Å². The van der Waals surface area contributed by atoms with Crippen LogP contribution in [0.25, 0.3) is 0 Å². The fraction of sp³-hybridized carbons (Fsp3) is 0.527. The lowest BCUT2D eigenvalue weighted by molar-refractivity contribution is -0.161. The predicted octanol–water partition coefficient (Wildman–Crippen LogP) is 24.8. The molecule has 0 aromatic rings. The second-order valence-corrected chi connectivity index (χ2v) is 29.1. The van der Waals surface area contributed by atoms with E-state index in [4.69, 9.17) is 37.0 Å². The maximum absolute atomic E-state index is 13.1. The van der Waals surface area contributed by atoms with Gasteiger partial charge in [-0.15, -0.1) is 0 Å². The maximum Gasteiger partial charge on any atom is 0.472 e. The zero-order valence-corrected chi connectivity index (χ0v) is 70.3. The summed E-state index contributed by atoms with van der Waals surface area (Å²) in [5.74, 6) is -2.42. The fourth-order valence-corrected chi connectivity index (χ4v) is 11.3. The summed E-state index contributed by atoms with van der Waals surface area (Å²) < 4.78 is 68.6. The number of hydrogen-bond donors (Lipinski definition) is 3. The zero-order chi connectivity index (χ0) is 81.7. The highest BCUT2D eigenvalue weighted by Crippen LogP contribution is 2.45. The minimum Gasteiger partial charge on any atom is -0.462 e. The molecule has 626 valence electrons. The molecular weight excluding hydrogens is 1450 g/mol. The lowest BCUT2D eigenvalue weighted by Gasteiger charge is -2.21. The summed E-state index contributed by atoms with van der Waals surface area (Å²) in [6, 6.07) is 0. The van der Waals surface area contributed by atoms with Gasteiger partial charge in [0, 0.05) is 25.7 Å². The lowest BCUT2D eigenvalue weighted by Crippen LogP contribution is -2.30. The molecule has 0 fully saturated rings. The third kappa shape index (κ3) is 80.9. The second-order valence-electron chi connectivity index (χ2n) is 26.2. The highest BCUT2D eigenvalue weighted by atomic mass is 31.2. The smallest absolute Gasteiger partial charge is 0.462 e. The number of carbonyl (C=O) groups is 4. The zero-order valence-electron chi connectivity index (χ0n) is 68.5. The first-order valence-electron chi connectivity index (χ1n) is 41.3. The van der Waals surface area contributed by atoms with Gasteiger partial charge in [0.25, 0.3) is 0 Å². The van der Waals surface area contributed by atoms with Crippen LogP contribution in [0.1, 0.15) is 259 Å². The second kappa shape index (κ2) is 81.9. The number of aliphatic hydroxyl groups is 1. The molecule has 5 unspecified atom stereocenters. The molecule has 0 amide bonds. The summed E-state index contributed by atoms with van der Waals surface area (Å²) in [5.41, 5.74) is 0. The number of unbranched alkanes of at least 4 members (excludes halogenated alkanes) is 8. The van der Waals surface area contributed by atoms with E-state index in [9.17, 15) is 43.2 Å². The van der Waals surface area contributed by atoms with Crippen molar-refractivity contribution in [1.82, 2.24) is 0 Å². The summed E-state index contributed by atoms with van der Waals surface area (Å²) in [6.07, 6.45) is 107. The maximum atomic E-state index is 13.1. The lowest BCUT2D eigenvalue weighted by atomic mass is 10.1. The van der Waals surface area contributed by atoms with Crippen LogP contribution in [-0.4, -0.2) is 96.7 Å². The molecule has 19 heteroatoms. The minimum atomic E-state index is -5.03. The van der Waals surface area contributed by atoms with Gasteiger partial charge in [0.15, 0.2) is 12.2 Å². The number of aliphatic hydroxyl groups excluding tert-OH is 1. The Labute approximate surface area is 676 Å². The standard InChI is InChI=1S/C93H142O17P2/c1-5-9-13-17-21-25-29-33-37-41-43-47-50-54-58-62-66-70-74-78-91(96)104-84-89(110-93(98)80-76-72-68-64-60-56-52-48-44-42-38-34-30-26-22-18-14-10-6-2)86-108-112(101,102)106-82-87(94)81-105-111(99,100)107-85-88(109-92(97)79-75-71-67-63-59-55-51-46-40-36-32-28-24-20-16-12-8-4)83-103-90(95)77-73-69-65-61-57-53-49-45-39-35-31-27-23-19-15-11-7-3/h9-16,21-28,33-40,43-44,47-49,51,53-56,58,60-61,63,65,67,87-89,94H,5-8,17-20,29-32,41-42,45-46,50,52,57,59,62,64,66,68-86H2,1-4H3,(H,99,100)(H,101,102)/b13-9-,14-10-,15-11-,16-12-,25-21-,26-22-,27-23-,28-24-,37-33-,38-34-,39-35-,40-36-,47-43-,48-44-,53-49-,55-51-,58-54-,60-56-,65-61-,67-63-. The van der Waals surface area contributed by atoms with E-state index in [1.54, 1.807) is 0 Å². The van der Waals surface area contributed by atoms with Gasteiger partial charge in [-0.05, 0) is 193 Å². The largest absolute Gasteiger partial charge is 0.472 e. The van der Waals surface area contributed by atoms with E-state index < -0.39 is 97.5 Å². The van der Waals surface area contributed by atoms with E-state index in [0.717, 1.165) is 167 Å². The molecule has 17 nitrogen and oxygen atoms in total. The molecule has 0 aliphatic rings. The summed E-state index contributed by atoms with van der Waals surface area (Å²) in [4.78, 5) is 73.2. The Kier molecular flexibility index (Phi) is 76.6. The molecular formula is C93H142O17P2. The van der Waals surface area contributed by atoms with Crippen molar-refractivity contribution in [2.24, 2.45) is 0 Å². The van der Waals surface area contributed by atoms with Gasteiger partial charge in [-0.25, -0.2) is 9.13 Å². The Morgan fingerprint density at radius 1 is 0.250 bits per heavy atom. The molecule has 0 bridgehead atoms. The van der Waals surface area contributed by atoms with Gasteiger partial charge in [-0.3, -0.25) is 37.3 Å². The van der Waals surface area contributed by atoms with Crippen molar-refractivity contribution >= 4 is 39.5 Å². The summed E-state index contributed by atoms with van der Waals surface area (Å²) in [6.45, 7) is 4.16. The number of phosphoric acid groups is 2. The van der Waals surface area contributed by atoms with Crippen molar-refractivity contribution in [2.45, 2.75) is 277 Å². The van der Waals surface area contributed by atoms with Crippen molar-refractivity contribution in [3.8, 4) is 0 Å². The van der Waals surface area contributed by atoms with E-state index in [1.165, 1.54) is 0 Å². The summed E-state index contributed by atoms with van der Waals surface area (Å²) in [7, 11) is -10.1. The molecule has 0 spiro atoms. The quantitative estimate of drug-likeness (QED) is 0.0169. The first kappa shape index (κ1) is 105. The third-order valence-corrected chi connectivity index (χ3v) is 17.7. The van der Waals surface area contributed by atoms with Crippen LogP contribution >= 0.6 is 15.6 Å². The SMILES string of the molecule is CC/C=C\C/C=C\C/C=C\C/C=C\C/C=C\CCCCCC(=O)OCC(COP(=O)(O)OCC(O)COP(=O)(O)OCC(COC(=O)CCC/C=C\C/C=C\C/C=C\C/C=C\C/C=C\CC)OC(=O)CCC/C=C\C/C=C\C/C=C\C/C=C\C/C=C\CC)OC(=O)CCCCC/C=C\C/C=C\C/C=C\C/C=C\C/C=C\CC. The van der Waals surface area contributed by atoms with Gasteiger partial charge in [-0.1, -0.05) is 284 Å². The number of hydrogen-bond acceptors (Lipinski definition) is 15. The minimum absolute atomic E-state index is 0.00854. The Morgan fingerprint density at radius 2 is 0.446 bits per heavy atom. The molecule has 0 saturated heterocycles. The van der Waals surface area contributed by atoms with Crippen LogP contribution in [0.3, 0.4) is 0 Å². The molecule has 3 N–H and O–H groups in total. The van der Waals surface area contributed by atoms with Crippen LogP contribution in [0, 0.1) is 0 Å². The monoisotopic (exact) mass is 1590 g/mol. The Hall–Kier alpha value is -7.14. The van der Waals surface area contributed by atoms with Gasteiger partial charge >= 0.3 is 39.5 Å². The molecule has 112 heavy (non-hydrogen) atoms. The predicted molar refractivity (Wildman–Crippen MR) is 463 cm³/mol. The number of allylic oxidation sites excluding steroid dienone is 40. The number of rotatable bonds is 74. The van der Waals surface area contributed by atoms with Gasteiger partial charge in [-0.2, -0.15) is 0 Å². The highest BCUT2D eigenvalue weighted by molar-refractivity contribution is 7.47. The van der Waals surface area contributed by atoms with E-state index >= 15 is 0 Å². The fourth-order valence-electron chi connectivity index (χ4n) is 9.70. The number of ether oxygens (including phenoxy) is 4. The Balaban J connectivity index is 5.60. The van der Waals surface area contributed by atoms with Gasteiger partial charge in [0.05, 0.1) is 26.4 Å². The van der Waals surface area contributed by atoms with Gasteiger partial charge in [0.2, 0.25) is 0 Å². The average Bonchev–Trinajstić information content (AvgIpc) is 0.898. The molecule has 0 aromatic heterocycles. The van der Waals surface area contributed by atoms with Crippen LogP contribution in [0.5, 0.6) is 0 Å². The van der Waals surface area contributed by atoms with E-state index in [0.29, 0.717) is 38.5 Å². The molecule has 0 radical (unpaired) electrons. The first-order chi connectivity index (χ1) is 54.7. The van der Waals surface area contributed by atoms with Crippen LogP contribution in [0.4, 0.5) is 0 Å². The molecule has 0 rings (SSSR count). The van der Waals surface area contributed by atoms with Gasteiger partial charge < -0.3 is 33.8 Å². The first-order valence-corrected chi connectivity index (χ1v) is 44.3. The van der Waals surface area contributed by atoms with Crippen molar-refractivity contribution in [3.05, 3.63) is 243 Å². The summed E-state index contributed by atoms with van der Waals surface area (Å²) in [5, 5.41) is 10.7. The van der Waals surface area contributed by atoms with Crippen LogP contribution in [0.2, 0.25) is 0 Å². The Morgan fingerprint density at radius 3 is 0.696 bits per heavy atom. The number of phosphoric ester groups is 2. The molecule has 5 atom stereocenters. The van der Waals surface area contributed by atoms with Crippen molar-refractivity contribution < 1.29 is 80.2 Å². The van der Waals surface area contributed by atoms with Gasteiger partial charge in [0.1, 0.15) is 19.3 Å². The number of esters is 4. The van der Waals surface area contributed by atoms with E-state index in [-0.39, 0.29) is 25.7 Å². The van der Waals surface area contributed by atoms with Crippen LogP contribution in [-0.2, 0) is 65.4 Å². The van der Waals surface area contributed by atoms with Crippen LogP contribution in [0.15, 0.2) is 243 Å². The average molecular weight is 1590 g/mol. The number of carbonyl (C=O) groups excluding carboxylic acids is 4. The topological polar surface area (TPSA) is 237 Å². The Bertz CT molecular complexity index is 3090.